The number of anilines is 1. The number of nitriles is 1. The van der Waals surface area contributed by atoms with Gasteiger partial charge in [0.15, 0.2) is 0 Å². The van der Waals surface area contributed by atoms with Gasteiger partial charge in [-0.05, 0) is 35.9 Å². The van der Waals surface area contributed by atoms with Gasteiger partial charge in [0.05, 0.1) is 20.3 Å². The number of hydrogen-bond acceptors (Lipinski definition) is 4. The Morgan fingerprint density at radius 2 is 1.91 bits per heavy atom. The molecule has 5 heteroatoms. The smallest absolute Gasteiger partial charge is 0.242 e. The number of nitrogens with one attached hydrogen (secondary N) is 1. The summed E-state index contributed by atoms with van der Waals surface area (Å²) in [7, 11) is 3.12. The zero-order valence-electron chi connectivity index (χ0n) is 13.1. The number of rotatable bonds is 6. The van der Waals surface area contributed by atoms with E-state index in [-0.39, 0.29) is 12.3 Å². The van der Waals surface area contributed by atoms with Crippen molar-refractivity contribution in [2.75, 3.05) is 19.5 Å². The maximum absolute atomic E-state index is 12.3. The van der Waals surface area contributed by atoms with Crippen LogP contribution in [0.3, 0.4) is 0 Å². The molecule has 0 aliphatic rings. The van der Waals surface area contributed by atoms with E-state index in [4.69, 9.17) is 9.47 Å². The number of amides is 1. The second kappa shape index (κ2) is 7.85. The molecule has 0 aromatic heterocycles. The molecule has 0 saturated carbocycles. The molecule has 0 saturated heterocycles. The highest BCUT2D eigenvalue weighted by molar-refractivity contribution is 5.94. The summed E-state index contributed by atoms with van der Waals surface area (Å²) in [6.45, 7) is 0. The Balaban J connectivity index is 2.16. The quantitative estimate of drug-likeness (QED) is 0.890. The Kier molecular flexibility index (Phi) is 5.59. The predicted molar refractivity (Wildman–Crippen MR) is 87.4 cm³/mol. The van der Waals surface area contributed by atoms with E-state index in [1.165, 1.54) is 0 Å². The summed E-state index contributed by atoms with van der Waals surface area (Å²) in [6, 6.07) is 16.4. The first-order chi connectivity index (χ1) is 11.2. The number of carbonyl (C=O) groups excluding carboxylic acids is 1. The Bertz CT molecular complexity index is 708. The van der Waals surface area contributed by atoms with E-state index in [1.54, 1.807) is 44.6 Å². The van der Waals surface area contributed by atoms with Crippen molar-refractivity contribution in [2.45, 2.75) is 6.42 Å². The summed E-state index contributed by atoms with van der Waals surface area (Å²) >= 11 is 0. The SMILES string of the molecule is COc1ccc(OC)c(CC(C#N)C(=O)Nc2ccccc2)c1. The number of carbonyl (C=O) groups is 1. The highest BCUT2D eigenvalue weighted by atomic mass is 16.5. The fourth-order valence-electron chi connectivity index (χ4n) is 2.21. The van der Waals surface area contributed by atoms with E-state index in [2.05, 4.69) is 11.4 Å². The average molecular weight is 310 g/mol. The van der Waals surface area contributed by atoms with Crippen molar-refractivity contribution >= 4 is 11.6 Å². The Morgan fingerprint density at radius 3 is 2.52 bits per heavy atom. The second-order valence-electron chi connectivity index (χ2n) is 4.92. The van der Waals surface area contributed by atoms with Gasteiger partial charge in [0, 0.05) is 12.1 Å². The third-order valence-corrected chi connectivity index (χ3v) is 3.43. The van der Waals surface area contributed by atoms with Gasteiger partial charge >= 0.3 is 0 Å². The summed E-state index contributed by atoms with van der Waals surface area (Å²) in [4.78, 5) is 12.3. The van der Waals surface area contributed by atoms with Gasteiger partial charge in [0.2, 0.25) is 5.91 Å². The van der Waals surface area contributed by atoms with Gasteiger partial charge in [0.25, 0.3) is 0 Å². The zero-order valence-corrected chi connectivity index (χ0v) is 13.1. The lowest BCUT2D eigenvalue weighted by Crippen LogP contribution is -2.23. The average Bonchev–Trinajstić information content (AvgIpc) is 2.60. The van der Waals surface area contributed by atoms with Crippen LogP contribution in [0, 0.1) is 17.2 Å². The van der Waals surface area contributed by atoms with Crippen LogP contribution in [0.15, 0.2) is 48.5 Å². The minimum atomic E-state index is -0.823. The molecule has 0 spiro atoms. The lowest BCUT2D eigenvalue weighted by molar-refractivity contribution is -0.118. The molecule has 2 aromatic carbocycles. The minimum Gasteiger partial charge on any atom is -0.497 e. The molecule has 1 N–H and O–H groups in total. The van der Waals surface area contributed by atoms with Crippen molar-refractivity contribution < 1.29 is 14.3 Å². The summed E-state index contributed by atoms with van der Waals surface area (Å²) < 4.78 is 10.5. The molecule has 2 aromatic rings. The third kappa shape index (κ3) is 4.24. The van der Waals surface area contributed by atoms with Crippen LogP contribution in [0.4, 0.5) is 5.69 Å². The van der Waals surface area contributed by atoms with Gasteiger partial charge in [-0.25, -0.2) is 0 Å². The maximum Gasteiger partial charge on any atom is 0.242 e. The molecule has 1 atom stereocenters. The first-order valence-corrected chi connectivity index (χ1v) is 7.14. The molecular formula is C18H18N2O3. The van der Waals surface area contributed by atoms with Crippen molar-refractivity contribution in [1.82, 2.24) is 0 Å². The van der Waals surface area contributed by atoms with Crippen molar-refractivity contribution in [3.05, 3.63) is 54.1 Å². The first kappa shape index (κ1) is 16.4. The van der Waals surface area contributed by atoms with Gasteiger partial charge in [-0.2, -0.15) is 5.26 Å². The molecule has 0 aliphatic heterocycles. The molecule has 0 heterocycles. The fourth-order valence-corrected chi connectivity index (χ4v) is 2.21. The molecule has 0 aliphatic carbocycles. The lowest BCUT2D eigenvalue weighted by Gasteiger charge is -2.14. The Hall–Kier alpha value is -3.00. The molecule has 0 bridgehead atoms. The van der Waals surface area contributed by atoms with E-state index in [1.807, 2.05) is 18.2 Å². The normalized spacial score (nSPS) is 11.2. The molecule has 118 valence electrons. The standard InChI is InChI=1S/C18H18N2O3/c1-22-16-8-9-17(23-2)13(11-16)10-14(12-19)18(21)20-15-6-4-3-5-7-15/h3-9,11,14H,10H2,1-2H3,(H,20,21). The zero-order chi connectivity index (χ0) is 16.7. The predicted octanol–water partition coefficient (Wildman–Crippen LogP) is 3.02. The van der Waals surface area contributed by atoms with Gasteiger partial charge in [-0.15, -0.1) is 0 Å². The molecular weight excluding hydrogens is 292 g/mol. The van der Waals surface area contributed by atoms with Crippen molar-refractivity contribution in [3.63, 3.8) is 0 Å². The Labute approximate surface area is 135 Å². The first-order valence-electron chi connectivity index (χ1n) is 7.14. The van der Waals surface area contributed by atoms with Crippen molar-refractivity contribution in [2.24, 2.45) is 5.92 Å². The fraction of sp³-hybridized carbons (Fsp3) is 0.222. The van der Waals surface area contributed by atoms with Crippen LogP contribution in [0.1, 0.15) is 5.56 Å². The molecule has 1 unspecified atom stereocenters. The lowest BCUT2D eigenvalue weighted by atomic mass is 9.98. The largest absolute Gasteiger partial charge is 0.497 e. The second-order valence-corrected chi connectivity index (χ2v) is 4.92. The van der Waals surface area contributed by atoms with E-state index in [0.717, 1.165) is 5.56 Å². The van der Waals surface area contributed by atoms with Crippen LogP contribution < -0.4 is 14.8 Å². The summed E-state index contributed by atoms with van der Waals surface area (Å²) in [5.74, 6) is 0.110. The number of ether oxygens (including phenoxy) is 2. The van der Waals surface area contributed by atoms with Gasteiger partial charge < -0.3 is 14.8 Å². The van der Waals surface area contributed by atoms with Crippen LogP contribution in [-0.4, -0.2) is 20.1 Å². The molecule has 0 fully saturated rings. The number of nitrogens with zero attached hydrogens (tertiary/aromatic N) is 1. The number of hydrogen-bond donors (Lipinski definition) is 1. The highest BCUT2D eigenvalue weighted by Crippen LogP contribution is 2.26. The minimum absolute atomic E-state index is 0.246. The molecule has 2 rings (SSSR count). The number of benzene rings is 2. The highest BCUT2D eigenvalue weighted by Gasteiger charge is 2.21. The van der Waals surface area contributed by atoms with E-state index in [0.29, 0.717) is 17.2 Å². The molecule has 23 heavy (non-hydrogen) atoms. The van der Waals surface area contributed by atoms with Crippen LogP contribution in [0.2, 0.25) is 0 Å². The summed E-state index contributed by atoms with van der Waals surface area (Å²) in [5.41, 5.74) is 1.41. The van der Waals surface area contributed by atoms with Crippen LogP contribution in [-0.2, 0) is 11.2 Å². The van der Waals surface area contributed by atoms with Crippen LogP contribution in [0.25, 0.3) is 0 Å². The van der Waals surface area contributed by atoms with Gasteiger partial charge in [-0.3, -0.25) is 4.79 Å². The Morgan fingerprint density at radius 1 is 1.17 bits per heavy atom. The maximum atomic E-state index is 12.3. The van der Waals surface area contributed by atoms with E-state index in [9.17, 15) is 10.1 Å². The number of methoxy groups -OCH3 is 2. The summed E-state index contributed by atoms with van der Waals surface area (Å²) in [5, 5.41) is 12.1. The van der Waals surface area contributed by atoms with E-state index >= 15 is 0 Å². The van der Waals surface area contributed by atoms with Crippen LogP contribution in [0.5, 0.6) is 11.5 Å². The molecule has 0 radical (unpaired) electrons. The third-order valence-electron chi connectivity index (χ3n) is 3.43. The van der Waals surface area contributed by atoms with Crippen molar-refractivity contribution in [1.29, 1.82) is 5.26 Å². The van der Waals surface area contributed by atoms with Gasteiger partial charge in [-0.1, -0.05) is 18.2 Å². The molecule has 1 amide bonds. The topological polar surface area (TPSA) is 71.3 Å². The molecule has 5 nitrogen and oxygen atoms in total. The summed E-state index contributed by atoms with van der Waals surface area (Å²) in [6.07, 6.45) is 0.246. The van der Waals surface area contributed by atoms with Crippen LogP contribution >= 0.6 is 0 Å². The van der Waals surface area contributed by atoms with Crippen molar-refractivity contribution in [3.8, 4) is 17.6 Å². The monoisotopic (exact) mass is 310 g/mol. The number of para-hydroxylation sites is 1. The van der Waals surface area contributed by atoms with E-state index < -0.39 is 5.92 Å². The van der Waals surface area contributed by atoms with Gasteiger partial charge in [0.1, 0.15) is 17.4 Å².